The number of carboxylic acids is 1. The Morgan fingerprint density at radius 3 is 2.94 bits per heavy atom. The molecule has 1 aromatic heterocycles. The van der Waals surface area contributed by atoms with Gasteiger partial charge < -0.3 is 15.8 Å². The largest absolute Gasteiger partial charge is 0.480 e. The molecule has 1 heterocycles. The number of benzene rings is 1. The summed E-state index contributed by atoms with van der Waals surface area (Å²) in [5.74, 6) is -0.999. The Labute approximate surface area is 103 Å². The van der Waals surface area contributed by atoms with Crippen LogP contribution in [0.1, 0.15) is 11.3 Å². The number of hydrogen-bond acceptors (Lipinski definition) is 2. The molecule has 0 bridgehead atoms. The monoisotopic (exact) mass is 252 g/mol. The van der Waals surface area contributed by atoms with Gasteiger partial charge in [-0.15, -0.1) is 0 Å². The molecule has 0 spiro atoms. The van der Waals surface area contributed by atoms with Crippen molar-refractivity contribution in [2.24, 2.45) is 5.73 Å². The molecular formula is C12H13ClN2O2. The molecule has 0 aliphatic carbocycles. The number of carbonyl (C=O) groups is 1. The van der Waals surface area contributed by atoms with Crippen LogP contribution in [0.4, 0.5) is 0 Å². The number of carboxylic acid groups (broad SMARTS) is 1. The average molecular weight is 253 g/mol. The Kier molecular flexibility index (Phi) is 3.09. The van der Waals surface area contributed by atoms with Crippen molar-refractivity contribution in [3.63, 3.8) is 0 Å². The van der Waals surface area contributed by atoms with E-state index >= 15 is 0 Å². The van der Waals surface area contributed by atoms with Gasteiger partial charge in [0.15, 0.2) is 0 Å². The summed E-state index contributed by atoms with van der Waals surface area (Å²) in [6.07, 6.45) is 0.293. The van der Waals surface area contributed by atoms with Gasteiger partial charge in [-0.05, 0) is 18.6 Å². The molecule has 1 atom stereocenters. The SMILES string of the molecule is Cc1[nH]c2c(Cl)cccc2c1CC(N)C(=O)O. The van der Waals surface area contributed by atoms with E-state index in [2.05, 4.69) is 4.98 Å². The Morgan fingerprint density at radius 2 is 2.29 bits per heavy atom. The molecule has 5 heteroatoms. The van der Waals surface area contributed by atoms with Crippen molar-refractivity contribution < 1.29 is 9.90 Å². The lowest BCUT2D eigenvalue weighted by atomic mass is 10.0. The van der Waals surface area contributed by atoms with Crippen LogP contribution in [0.2, 0.25) is 5.02 Å². The van der Waals surface area contributed by atoms with E-state index in [4.69, 9.17) is 22.4 Å². The van der Waals surface area contributed by atoms with Crippen molar-refractivity contribution in [3.05, 3.63) is 34.5 Å². The molecule has 2 rings (SSSR count). The summed E-state index contributed by atoms with van der Waals surface area (Å²) >= 11 is 6.06. The maximum Gasteiger partial charge on any atom is 0.320 e. The van der Waals surface area contributed by atoms with Gasteiger partial charge in [0, 0.05) is 17.5 Å². The molecule has 1 unspecified atom stereocenters. The van der Waals surface area contributed by atoms with Crippen LogP contribution < -0.4 is 5.73 Å². The number of aromatic amines is 1. The predicted molar refractivity (Wildman–Crippen MR) is 67.4 cm³/mol. The summed E-state index contributed by atoms with van der Waals surface area (Å²) in [4.78, 5) is 13.9. The van der Waals surface area contributed by atoms with Gasteiger partial charge >= 0.3 is 5.97 Å². The fourth-order valence-corrected chi connectivity index (χ4v) is 2.16. The Morgan fingerprint density at radius 1 is 1.59 bits per heavy atom. The number of halogens is 1. The zero-order valence-electron chi connectivity index (χ0n) is 9.33. The van der Waals surface area contributed by atoms with Crippen LogP contribution in [0, 0.1) is 6.92 Å². The lowest BCUT2D eigenvalue weighted by Gasteiger charge is -2.06. The van der Waals surface area contributed by atoms with E-state index in [1.807, 2.05) is 19.1 Å². The van der Waals surface area contributed by atoms with E-state index in [0.717, 1.165) is 22.2 Å². The number of rotatable bonds is 3. The third kappa shape index (κ3) is 2.14. The summed E-state index contributed by atoms with van der Waals surface area (Å²) < 4.78 is 0. The maximum atomic E-state index is 10.8. The topological polar surface area (TPSA) is 79.1 Å². The molecule has 4 nitrogen and oxygen atoms in total. The van der Waals surface area contributed by atoms with Gasteiger partial charge in [0.25, 0.3) is 0 Å². The summed E-state index contributed by atoms with van der Waals surface area (Å²) in [6.45, 7) is 1.89. The number of nitrogens with two attached hydrogens (primary N) is 1. The Balaban J connectivity index is 2.50. The van der Waals surface area contributed by atoms with E-state index in [1.165, 1.54) is 0 Å². The van der Waals surface area contributed by atoms with Crippen molar-refractivity contribution >= 4 is 28.5 Å². The van der Waals surface area contributed by atoms with Gasteiger partial charge in [0.2, 0.25) is 0 Å². The highest BCUT2D eigenvalue weighted by Crippen LogP contribution is 2.28. The molecule has 0 amide bonds. The van der Waals surface area contributed by atoms with Crippen molar-refractivity contribution in [1.29, 1.82) is 0 Å². The van der Waals surface area contributed by atoms with Crippen LogP contribution in [0.3, 0.4) is 0 Å². The first-order valence-electron chi connectivity index (χ1n) is 5.24. The summed E-state index contributed by atoms with van der Waals surface area (Å²) in [5, 5.41) is 10.4. The van der Waals surface area contributed by atoms with Gasteiger partial charge in [-0.2, -0.15) is 0 Å². The molecular weight excluding hydrogens is 240 g/mol. The second-order valence-electron chi connectivity index (χ2n) is 4.04. The smallest absolute Gasteiger partial charge is 0.320 e. The number of aromatic nitrogens is 1. The highest BCUT2D eigenvalue weighted by molar-refractivity contribution is 6.35. The molecule has 90 valence electrons. The van der Waals surface area contributed by atoms with E-state index in [-0.39, 0.29) is 0 Å². The number of aliphatic carboxylic acids is 1. The second-order valence-corrected chi connectivity index (χ2v) is 4.45. The van der Waals surface area contributed by atoms with E-state index in [0.29, 0.717) is 11.4 Å². The number of aryl methyl sites for hydroxylation is 1. The van der Waals surface area contributed by atoms with Crippen LogP contribution in [-0.4, -0.2) is 22.1 Å². The predicted octanol–water partition coefficient (Wildman–Crippen LogP) is 2.08. The quantitative estimate of drug-likeness (QED) is 0.783. The first-order chi connectivity index (χ1) is 8.00. The van der Waals surface area contributed by atoms with Crippen molar-refractivity contribution in [2.45, 2.75) is 19.4 Å². The normalized spacial score (nSPS) is 12.9. The highest BCUT2D eigenvalue weighted by atomic mass is 35.5. The number of nitrogens with one attached hydrogen (secondary N) is 1. The first kappa shape index (κ1) is 12.0. The van der Waals surface area contributed by atoms with Crippen molar-refractivity contribution in [1.82, 2.24) is 4.98 Å². The average Bonchev–Trinajstić information content (AvgIpc) is 2.58. The minimum Gasteiger partial charge on any atom is -0.480 e. The molecule has 4 N–H and O–H groups in total. The fraction of sp³-hybridized carbons (Fsp3) is 0.250. The fourth-order valence-electron chi connectivity index (χ4n) is 1.94. The lowest BCUT2D eigenvalue weighted by molar-refractivity contribution is -0.138. The van der Waals surface area contributed by atoms with E-state index in [1.54, 1.807) is 6.07 Å². The van der Waals surface area contributed by atoms with Crippen LogP contribution in [0.25, 0.3) is 10.9 Å². The lowest BCUT2D eigenvalue weighted by Crippen LogP contribution is -2.32. The molecule has 0 fully saturated rings. The minimum absolute atomic E-state index is 0.293. The Bertz CT molecular complexity index is 577. The Hall–Kier alpha value is -1.52. The molecule has 1 aromatic carbocycles. The van der Waals surface area contributed by atoms with Gasteiger partial charge in [-0.3, -0.25) is 4.79 Å². The van der Waals surface area contributed by atoms with Crippen molar-refractivity contribution in [3.8, 4) is 0 Å². The van der Waals surface area contributed by atoms with Crippen LogP contribution in [0.15, 0.2) is 18.2 Å². The molecule has 17 heavy (non-hydrogen) atoms. The molecule has 0 aliphatic rings. The van der Waals surface area contributed by atoms with Crippen LogP contribution >= 0.6 is 11.6 Å². The maximum absolute atomic E-state index is 10.8. The number of para-hydroxylation sites is 1. The molecule has 0 radical (unpaired) electrons. The summed E-state index contributed by atoms with van der Waals surface area (Å²) in [5.41, 5.74) is 8.21. The van der Waals surface area contributed by atoms with Gasteiger partial charge in [-0.25, -0.2) is 0 Å². The van der Waals surface area contributed by atoms with Gasteiger partial charge in [-0.1, -0.05) is 23.7 Å². The van der Waals surface area contributed by atoms with Gasteiger partial charge in [0.1, 0.15) is 6.04 Å². The standard InChI is InChI=1S/C12H13ClN2O2/c1-6-8(5-10(14)12(16)17)7-3-2-4-9(13)11(7)15-6/h2-4,10,15H,5,14H2,1H3,(H,16,17). The third-order valence-corrected chi connectivity index (χ3v) is 3.16. The summed E-state index contributed by atoms with van der Waals surface area (Å²) in [6, 6.07) is 4.65. The second kappa shape index (κ2) is 4.39. The van der Waals surface area contributed by atoms with Gasteiger partial charge in [0.05, 0.1) is 10.5 Å². The molecule has 0 saturated carbocycles. The zero-order valence-corrected chi connectivity index (χ0v) is 10.1. The third-order valence-electron chi connectivity index (χ3n) is 2.85. The number of H-pyrrole nitrogens is 1. The molecule has 0 aliphatic heterocycles. The van der Waals surface area contributed by atoms with Crippen LogP contribution in [-0.2, 0) is 11.2 Å². The summed E-state index contributed by atoms with van der Waals surface area (Å²) in [7, 11) is 0. The minimum atomic E-state index is -0.999. The zero-order chi connectivity index (χ0) is 12.6. The van der Waals surface area contributed by atoms with Crippen LogP contribution in [0.5, 0.6) is 0 Å². The van der Waals surface area contributed by atoms with E-state index < -0.39 is 12.0 Å². The number of hydrogen-bond donors (Lipinski definition) is 3. The van der Waals surface area contributed by atoms with E-state index in [9.17, 15) is 4.79 Å². The molecule has 2 aromatic rings. The first-order valence-corrected chi connectivity index (χ1v) is 5.62. The number of fused-ring (bicyclic) bond motifs is 1. The molecule has 0 saturated heterocycles. The van der Waals surface area contributed by atoms with Crippen molar-refractivity contribution in [2.75, 3.05) is 0 Å². The highest BCUT2D eigenvalue weighted by Gasteiger charge is 2.17.